The molecule has 1 aromatic rings. The third kappa shape index (κ3) is 4.04. The lowest BCUT2D eigenvalue weighted by molar-refractivity contribution is 0.238. The van der Waals surface area contributed by atoms with Crippen LogP contribution in [0.2, 0.25) is 0 Å². The highest BCUT2D eigenvalue weighted by Gasteiger charge is 2.26. The lowest BCUT2D eigenvalue weighted by atomic mass is 10.2. The fraction of sp³-hybridized carbons (Fsp3) is 0.769. The molecule has 1 fully saturated rings. The Kier molecular flexibility index (Phi) is 4.30. The van der Waals surface area contributed by atoms with Crippen molar-refractivity contribution < 1.29 is 8.42 Å². The lowest BCUT2D eigenvalue weighted by Crippen LogP contribution is -2.36. The molecule has 2 rings (SSSR count). The van der Waals surface area contributed by atoms with Crippen molar-refractivity contribution in [2.75, 3.05) is 25.1 Å². The van der Waals surface area contributed by atoms with Crippen molar-refractivity contribution in [1.29, 1.82) is 0 Å². The molecular weight excluding hydrogens is 262 g/mol. The minimum Gasteiger partial charge on any atom is -0.298 e. The van der Waals surface area contributed by atoms with E-state index in [1.54, 1.807) is 0 Å². The highest BCUT2D eigenvalue weighted by atomic mass is 32.2. The van der Waals surface area contributed by atoms with E-state index in [0.29, 0.717) is 12.6 Å². The summed E-state index contributed by atoms with van der Waals surface area (Å²) in [4.78, 5) is 2.29. The van der Waals surface area contributed by atoms with Crippen molar-refractivity contribution in [3.05, 3.63) is 17.5 Å². The highest BCUT2D eigenvalue weighted by molar-refractivity contribution is 7.90. The second-order valence-corrected chi connectivity index (χ2v) is 7.83. The second kappa shape index (κ2) is 5.63. The number of hydrogen-bond donors (Lipinski definition) is 0. The third-order valence-electron chi connectivity index (χ3n) is 3.74. The average molecular weight is 285 g/mol. The zero-order valence-corrected chi connectivity index (χ0v) is 12.8. The summed E-state index contributed by atoms with van der Waals surface area (Å²) in [5.74, 6) is 0.251. The molecule has 0 N–H and O–H groups in total. The fourth-order valence-electron chi connectivity index (χ4n) is 2.74. The predicted octanol–water partition coefficient (Wildman–Crippen LogP) is 1.01. The first-order valence-electron chi connectivity index (χ1n) is 6.78. The fourth-order valence-corrected chi connectivity index (χ4v) is 3.30. The van der Waals surface area contributed by atoms with Gasteiger partial charge in [-0.2, -0.15) is 5.10 Å². The number of sulfone groups is 1. The topological polar surface area (TPSA) is 55.2 Å². The first-order valence-corrected chi connectivity index (χ1v) is 8.84. The van der Waals surface area contributed by atoms with Crippen molar-refractivity contribution >= 4 is 9.84 Å². The van der Waals surface area contributed by atoms with Gasteiger partial charge in [-0.25, -0.2) is 8.42 Å². The first-order chi connectivity index (χ1) is 8.85. The van der Waals surface area contributed by atoms with Gasteiger partial charge >= 0.3 is 0 Å². The summed E-state index contributed by atoms with van der Waals surface area (Å²) in [6, 6.07) is 2.50. The summed E-state index contributed by atoms with van der Waals surface area (Å²) in [6.45, 7) is 6.57. The van der Waals surface area contributed by atoms with E-state index < -0.39 is 9.84 Å². The Balaban J connectivity index is 1.97. The van der Waals surface area contributed by atoms with Gasteiger partial charge in [0.15, 0.2) is 0 Å². The second-order valence-electron chi connectivity index (χ2n) is 5.57. The van der Waals surface area contributed by atoms with Crippen LogP contribution < -0.4 is 0 Å². The maximum absolute atomic E-state index is 11.3. The minimum absolute atomic E-state index is 0.251. The molecule has 2 heterocycles. The molecule has 0 spiro atoms. The molecule has 1 aromatic heterocycles. The Morgan fingerprint density at radius 2 is 2.16 bits per heavy atom. The van der Waals surface area contributed by atoms with E-state index >= 15 is 0 Å². The molecule has 1 aliphatic heterocycles. The molecule has 108 valence electrons. The van der Waals surface area contributed by atoms with Crippen LogP contribution in [-0.2, 0) is 16.4 Å². The smallest absolute Gasteiger partial charge is 0.148 e. The molecule has 0 aromatic carbocycles. The Bertz CT molecular complexity index is 536. The van der Waals surface area contributed by atoms with Crippen LogP contribution >= 0.6 is 0 Å². The molecule has 0 amide bonds. The maximum atomic E-state index is 11.3. The van der Waals surface area contributed by atoms with Crippen molar-refractivity contribution in [1.82, 2.24) is 14.7 Å². The van der Waals surface area contributed by atoms with Gasteiger partial charge in [-0.3, -0.25) is 9.58 Å². The van der Waals surface area contributed by atoms with Crippen molar-refractivity contribution in [3.63, 3.8) is 0 Å². The first kappa shape index (κ1) is 14.5. The zero-order chi connectivity index (χ0) is 14.0. The molecule has 0 saturated carbocycles. The van der Waals surface area contributed by atoms with Gasteiger partial charge in [-0.05, 0) is 39.3 Å². The SMILES string of the molecule is Cc1cc(C)n(C[C@H]2CCCN2CCS(C)(=O)=O)n1. The number of aryl methyl sites for hydroxylation is 2. The van der Waals surface area contributed by atoms with E-state index in [1.165, 1.54) is 11.9 Å². The Morgan fingerprint density at radius 3 is 2.74 bits per heavy atom. The summed E-state index contributed by atoms with van der Waals surface area (Å²) in [5.41, 5.74) is 2.21. The molecular formula is C13H23N3O2S. The van der Waals surface area contributed by atoms with Crippen molar-refractivity contribution in [3.8, 4) is 0 Å². The lowest BCUT2D eigenvalue weighted by Gasteiger charge is -2.24. The predicted molar refractivity (Wildman–Crippen MR) is 76.0 cm³/mol. The van der Waals surface area contributed by atoms with Crippen LogP contribution in [0, 0.1) is 13.8 Å². The van der Waals surface area contributed by atoms with Gasteiger partial charge in [0.2, 0.25) is 0 Å². The molecule has 0 unspecified atom stereocenters. The van der Waals surface area contributed by atoms with Gasteiger partial charge in [-0.15, -0.1) is 0 Å². The quantitative estimate of drug-likeness (QED) is 0.810. The van der Waals surface area contributed by atoms with E-state index in [-0.39, 0.29) is 5.75 Å². The minimum atomic E-state index is -2.88. The van der Waals surface area contributed by atoms with E-state index in [1.807, 2.05) is 11.6 Å². The molecule has 1 aliphatic rings. The molecule has 19 heavy (non-hydrogen) atoms. The normalized spacial score (nSPS) is 21.1. The molecule has 5 nitrogen and oxygen atoms in total. The van der Waals surface area contributed by atoms with Crippen LogP contribution in [0.3, 0.4) is 0 Å². The largest absolute Gasteiger partial charge is 0.298 e. The van der Waals surface area contributed by atoms with Gasteiger partial charge in [0, 0.05) is 24.5 Å². The van der Waals surface area contributed by atoms with Crippen LogP contribution in [0.25, 0.3) is 0 Å². The van der Waals surface area contributed by atoms with Crippen molar-refractivity contribution in [2.24, 2.45) is 0 Å². The van der Waals surface area contributed by atoms with E-state index in [4.69, 9.17) is 0 Å². The highest BCUT2D eigenvalue weighted by Crippen LogP contribution is 2.19. The molecule has 1 atom stereocenters. The van der Waals surface area contributed by atoms with Crippen LogP contribution in [-0.4, -0.2) is 54.2 Å². The molecule has 6 heteroatoms. The standard InChI is InChI=1S/C13H23N3O2S/c1-11-9-12(2)16(14-11)10-13-5-4-6-15(13)7-8-19(3,17)18/h9,13H,4-8,10H2,1-3H3/t13-/m1/s1. The summed E-state index contributed by atoms with van der Waals surface area (Å²) in [6.07, 6.45) is 3.58. The van der Waals surface area contributed by atoms with Gasteiger partial charge in [0.25, 0.3) is 0 Å². The number of likely N-dealkylation sites (tertiary alicyclic amines) is 1. The van der Waals surface area contributed by atoms with Crippen LogP contribution in [0.5, 0.6) is 0 Å². The maximum Gasteiger partial charge on any atom is 0.148 e. The van der Waals surface area contributed by atoms with E-state index in [9.17, 15) is 8.42 Å². The summed E-state index contributed by atoms with van der Waals surface area (Å²) in [5, 5.41) is 4.49. The number of hydrogen-bond acceptors (Lipinski definition) is 4. The van der Waals surface area contributed by atoms with Gasteiger partial charge in [0.1, 0.15) is 9.84 Å². The van der Waals surface area contributed by atoms with Crippen molar-refractivity contribution in [2.45, 2.75) is 39.3 Å². The molecule has 0 bridgehead atoms. The van der Waals surface area contributed by atoms with Gasteiger partial charge in [0.05, 0.1) is 18.0 Å². The van der Waals surface area contributed by atoms with Gasteiger partial charge in [-0.1, -0.05) is 0 Å². The molecule has 1 saturated heterocycles. The average Bonchev–Trinajstić information content (AvgIpc) is 2.83. The van der Waals surface area contributed by atoms with Gasteiger partial charge < -0.3 is 0 Å². The molecule has 0 aliphatic carbocycles. The van der Waals surface area contributed by atoms with Crippen LogP contribution in [0.1, 0.15) is 24.2 Å². The molecule has 0 radical (unpaired) electrons. The Hall–Kier alpha value is -0.880. The summed E-state index contributed by atoms with van der Waals surface area (Å²) < 4.78 is 24.6. The Labute approximate surface area is 115 Å². The van der Waals surface area contributed by atoms with E-state index in [0.717, 1.165) is 31.6 Å². The van der Waals surface area contributed by atoms with Crippen LogP contribution in [0.4, 0.5) is 0 Å². The summed E-state index contributed by atoms with van der Waals surface area (Å²) in [7, 11) is -2.88. The number of nitrogens with zero attached hydrogens (tertiary/aromatic N) is 3. The van der Waals surface area contributed by atoms with Crippen LogP contribution in [0.15, 0.2) is 6.07 Å². The number of rotatable bonds is 5. The number of aromatic nitrogens is 2. The Morgan fingerprint density at radius 1 is 1.42 bits per heavy atom. The monoisotopic (exact) mass is 285 g/mol. The third-order valence-corrected chi connectivity index (χ3v) is 4.66. The summed E-state index contributed by atoms with van der Waals surface area (Å²) >= 11 is 0. The zero-order valence-electron chi connectivity index (χ0n) is 12.0. The van der Waals surface area contributed by atoms with E-state index in [2.05, 4.69) is 23.0 Å².